The van der Waals surface area contributed by atoms with Crippen molar-refractivity contribution in [1.29, 1.82) is 0 Å². The van der Waals surface area contributed by atoms with E-state index in [2.05, 4.69) is 45.9 Å². The fourth-order valence-corrected chi connectivity index (χ4v) is 4.69. The molecule has 4 nitrogen and oxygen atoms in total. The Kier molecular flexibility index (Phi) is 7.82. The van der Waals surface area contributed by atoms with Crippen molar-refractivity contribution in [2.75, 3.05) is 13.2 Å². The largest absolute Gasteiger partial charge is 0.494 e. The molecule has 0 saturated carbocycles. The lowest BCUT2D eigenvalue weighted by Crippen LogP contribution is -2.12. The molecule has 1 aromatic carbocycles. The summed E-state index contributed by atoms with van der Waals surface area (Å²) in [5, 5.41) is 6.79. The number of thiazole rings is 1. The molecule has 0 amide bonds. The molecule has 0 N–H and O–H groups in total. The van der Waals surface area contributed by atoms with Crippen molar-refractivity contribution in [3.63, 3.8) is 0 Å². The Bertz CT molecular complexity index is 999. The maximum Gasteiger partial charge on any atom is 0.206 e. The smallest absolute Gasteiger partial charge is 0.206 e. The highest BCUT2D eigenvalue weighted by molar-refractivity contribution is 9.11. The fourth-order valence-electron chi connectivity index (χ4n) is 2.39. The van der Waals surface area contributed by atoms with Crippen LogP contribution in [0.4, 0.5) is 0 Å². The van der Waals surface area contributed by atoms with E-state index in [-0.39, 0.29) is 0 Å². The number of unbranched alkanes of at least 4 members (excludes halogenated alkanes) is 1. The first-order valence-electron chi connectivity index (χ1n) is 9.06. The minimum Gasteiger partial charge on any atom is -0.494 e. The van der Waals surface area contributed by atoms with E-state index in [4.69, 9.17) is 9.84 Å². The van der Waals surface area contributed by atoms with Gasteiger partial charge in [0.15, 0.2) is 0 Å². The first-order chi connectivity index (χ1) is 13.7. The van der Waals surface area contributed by atoms with Crippen LogP contribution in [0.3, 0.4) is 0 Å². The Morgan fingerprint density at radius 1 is 1.21 bits per heavy atom. The van der Waals surface area contributed by atoms with Gasteiger partial charge in [-0.3, -0.25) is 4.99 Å². The van der Waals surface area contributed by atoms with E-state index in [0.29, 0.717) is 6.54 Å². The second-order valence-corrected chi connectivity index (χ2v) is 9.26. The molecule has 0 spiro atoms. The van der Waals surface area contributed by atoms with Crippen LogP contribution in [0.25, 0.3) is 10.6 Å². The zero-order chi connectivity index (χ0) is 19.8. The molecule has 0 radical (unpaired) electrons. The highest BCUT2D eigenvalue weighted by atomic mass is 79.9. The van der Waals surface area contributed by atoms with Crippen molar-refractivity contribution in [1.82, 2.24) is 4.68 Å². The van der Waals surface area contributed by atoms with Crippen LogP contribution in [0.1, 0.15) is 25.3 Å². The molecule has 28 heavy (non-hydrogen) atoms. The molecule has 0 bridgehead atoms. The number of benzene rings is 1. The summed E-state index contributed by atoms with van der Waals surface area (Å²) in [5.41, 5.74) is 2.04. The van der Waals surface area contributed by atoms with Crippen LogP contribution in [0, 0.1) is 0 Å². The van der Waals surface area contributed by atoms with Crippen LogP contribution in [-0.4, -0.2) is 24.0 Å². The number of hydrogen-bond donors (Lipinski definition) is 0. The molecule has 0 unspecified atom stereocenters. The van der Waals surface area contributed by atoms with Crippen LogP contribution in [0.2, 0.25) is 0 Å². The van der Waals surface area contributed by atoms with Crippen molar-refractivity contribution in [2.45, 2.75) is 19.8 Å². The standard InChI is InChI=1S/C21H22BrN3OS2/c1-3-5-13-26-17-8-6-16(7-9-17)14-24-25-18(19-10-11-20(22)28-19)15-27-21(25)23-12-4-2/h4,6-11,14-15H,2-3,5,12-13H2,1H3. The Morgan fingerprint density at radius 3 is 2.71 bits per heavy atom. The maximum absolute atomic E-state index is 5.72. The van der Waals surface area contributed by atoms with Gasteiger partial charge in [0.1, 0.15) is 5.75 Å². The van der Waals surface area contributed by atoms with Gasteiger partial charge in [-0.1, -0.05) is 19.4 Å². The van der Waals surface area contributed by atoms with Gasteiger partial charge in [-0.05, 0) is 64.3 Å². The van der Waals surface area contributed by atoms with Crippen LogP contribution < -0.4 is 9.54 Å². The normalized spacial score (nSPS) is 12.0. The highest BCUT2D eigenvalue weighted by Crippen LogP contribution is 2.31. The van der Waals surface area contributed by atoms with E-state index in [0.717, 1.165) is 49.9 Å². The summed E-state index contributed by atoms with van der Waals surface area (Å²) in [6.45, 7) is 7.22. The Balaban J connectivity index is 1.85. The van der Waals surface area contributed by atoms with Gasteiger partial charge in [-0.2, -0.15) is 5.10 Å². The topological polar surface area (TPSA) is 38.9 Å². The van der Waals surface area contributed by atoms with Gasteiger partial charge >= 0.3 is 0 Å². The summed E-state index contributed by atoms with van der Waals surface area (Å²) in [5.74, 6) is 0.889. The van der Waals surface area contributed by atoms with E-state index < -0.39 is 0 Å². The van der Waals surface area contributed by atoms with Crippen molar-refractivity contribution >= 4 is 44.8 Å². The number of aromatic nitrogens is 1. The molecule has 3 aromatic rings. The molecule has 2 aromatic heterocycles. The van der Waals surface area contributed by atoms with Gasteiger partial charge in [0.2, 0.25) is 4.80 Å². The van der Waals surface area contributed by atoms with Gasteiger partial charge < -0.3 is 4.74 Å². The monoisotopic (exact) mass is 475 g/mol. The van der Waals surface area contributed by atoms with Crippen LogP contribution in [0.15, 0.2) is 68.3 Å². The molecular formula is C21H22BrN3OS2. The zero-order valence-corrected chi connectivity index (χ0v) is 18.9. The van der Waals surface area contributed by atoms with Crippen LogP contribution in [0.5, 0.6) is 5.75 Å². The molecule has 0 saturated heterocycles. The lowest BCUT2D eigenvalue weighted by Gasteiger charge is -2.05. The molecule has 0 fully saturated rings. The second kappa shape index (κ2) is 10.5. The van der Waals surface area contributed by atoms with E-state index >= 15 is 0 Å². The minimum absolute atomic E-state index is 0.563. The van der Waals surface area contributed by atoms with Crippen molar-refractivity contribution < 1.29 is 4.74 Å². The molecule has 0 aliphatic carbocycles. The summed E-state index contributed by atoms with van der Waals surface area (Å²) in [6.07, 6.45) is 5.83. The summed E-state index contributed by atoms with van der Waals surface area (Å²) in [6, 6.07) is 12.1. The molecule has 3 rings (SSSR count). The quantitative estimate of drug-likeness (QED) is 0.206. The zero-order valence-electron chi connectivity index (χ0n) is 15.7. The Morgan fingerprint density at radius 2 is 2.04 bits per heavy atom. The van der Waals surface area contributed by atoms with Gasteiger partial charge in [0.25, 0.3) is 0 Å². The number of thiophene rings is 1. The number of ether oxygens (including phenoxy) is 1. The third kappa shape index (κ3) is 5.53. The van der Waals surface area contributed by atoms with Crippen molar-refractivity contribution in [3.8, 4) is 16.3 Å². The third-order valence-electron chi connectivity index (χ3n) is 3.84. The average Bonchev–Trinajstić information content (AvgIpc) is 3.31. The second-order valence-electron chi connectivity index (χ2n) is 5.96. The van der Waals surface area contributed by atoms with E-state index in [1.54, 1.807) is 28.7 Å². The Hall–Kier alpha value is -1.96. The maximum atomic E-state index is 5.72. The first kappa shape index (κ1) is 20.8. The van der Waals surface area contributed by atoms with Gasteiger partial charge in [-0.15, -0.1) is 29.3 Å². The summed E-state index contributed by atoms with van der Waals surface area (Å²) < 4.78 is 8.70. The summed E-state index contributed by atoms with van der Waals surface area (Å²) in [4.78, 5) is 6.55. The molecular weight excluding hydrogens is 454 g/mol. The number of hydrogen-bond acceptors (Lipinski definition) is 5. The molecule has 0 atom stereocenters. The third-order valence-corrected chi connectivity index (χ3v) is 6.34. The van der Waals surface area contributed by atoms with Gasteiger partial charge in [-0.25, -0.2) is 4.68 Å². The van der Waals surface area contributed by atoms with Gasteiger partial charge in [0, 0.05) is 5.38 Å². The molecule has 0 aliphatic heterocycles. The summed E-state index contributed by atoms with van der Waals surface area (Å²) in [7, 11) is 0. The summed E-state index contributed by atoms with van der Waals surface area (Å²) >= 11 is 6.78. The predicted octanol–water partition coefficient (Wildman–Crippen LogP) is 6.19. The molecule has 0 aliphatic rings. The molecule has 146 valence electrons. The Labute approximate surface area is 181 Å². The highest BCUT2D eigenvalue weighted by Gasteiger charge is 2.09. The first-order valence-corrected chi connectivity index (χ1v) is 11.5. The minimum atomic E-state index is 0.563. The van der Waals surface area contributed by atoms with Gasteiger partial charge in [0.05, 0.1) is 33.7 Å². The van der Waals surface area contributed by atoms with Crippen LogP contribution >= 0.6 is 38.6 Å². The van der Waals surface area contributed by atoms with E-state index in [9.17, 15) is 0 Å². The fraction of sp³-hybridized carbons (Fsp3) is 0.238. The van der Waals surface area contributed by atoms with E-state index in [1.807, 2.05) is 41.2 Å². The molecule has 7 heteroatoms. The van der Waals surface area contributed by atoms with Crippen molar-refractivity contribution in [2.24, 2.45) is 10.1 Å². The van der Waals surface area contributed by atoms with Crippen LogP contribution in [-0.2, 0) is 0 Å². The average molecular weight is 476 g/mol. The number of nitrogens with zero attached hydrogens (tertiary/aromatic N) is 3. The lowest BCUT2D eigenvalue weighted by molar-refractivity contribution is 0.309. The lowest BCUT2D eigenvalue weighted by atomic mass is 10.2. The SMILES string of the molecule is C=CCN=c1scc(-c2ccc(Br)s2)n1N=Cc1ccc(OCCCC)cc1. The van der Waals surface area contributed by atoms with E-state index in [1.165, 1.54) is 0 Å². The predicted molar refractivity (Wildman–Crippen MR) is 124 cm³/mol. The molecule has 2 heterocycles. The number of halogens is 1. The van der Waals surface area contributed by atoms with Crippen molar-refractivity contribution in [3.05, 3.63) is 68.6 Å². The number of rotatable bonds is 9.